The van der Waals surface area contributed by atoms with Crippen molar-refractivity contribution in [3.63, 3.8) is 0 Å². The van der Waals surface area contributed by atoms with Gasteiger partial charge >= 0.3 is 0 Å². The Morgan fingerprint density at radius 1 is 1.40 bits per heavy atom. The highest BCUT2D eigenvalue weighted by molar-refractivity contribution is 5.34. The molecule has 82 valence electrons. The zero-order valence-electron chi connectivity index (χ0n) is 9.32. The molecule has 2 rings (SSSR count). The molecule has 1 aliphatic carbocycles. The van der Waals surface area contributed by atoms with Gasteiger partial charge in [0, 0.05) is 12.6 Å². The summed E-state index contributed by atoms with van der Waals surface area (Å²) in [6, 6.07) is 9.21. The van der Waals surface area contributed by atoms with E-state index in [-0.39, 0.29) is 6.61 Å². The third kappa shape index (κ3) is 2.06. The molecule has 15 heavy (non-hydrogen) atoms. The summed E-state index contributed by atoms with van der Waals surface area (Å²) in [6.07, 6.45) is 2.38. The van der Waals surface area contributed by atoms with Crippen LogP contribution < -0.4 is 0 Å². The third-order valence-corrected chi connectivity index (χ3v) is 3.34. The van der Waals surface area contributed by atoms with Crippen molar-refractivity contribution in [2.75, 3.05) is 19.7 Å². The second kappa shape index (κ2) is 4.77. The van der Waals surface area contributed by atoms with Crippen molar-refractivity contribution in [1.29, 1.82) is 0 Å². The van der Waals surface area contributed by atoms with E-state index in [2.05, 4.69) is 36.1 Å². The smallest absolute Gasteiger partial charge is 0.0558 e. The molecular formula is C13H19NO. The Hall–Kier alpha value is -0.860. The summed E-state index contributed by atoms with van der Waals surface area (Å²) in [5.74, 6) is 0. The largest absolute Gasteiger partial charge is 0.395 e. The van der Waals surface area contributed by atoms with Crippen molar-refractivity contribution in [3.8, 4) is 0 Å². The number of hydrogen-bond donors (Lipinski definition) is 1. The lowest BCUT2D eigenvalue weighted by molar-refractivity contribution is 0.156. The normalized spacial score (nSPS) is 19.5. The van der Waals surface area contributed by atoms with Gasteiger partial charge in [-0.1, -0.05) is 31.2 Å². The Morgan fingerprint density at radius 2 is 2.20 bits per heavy atom. The first-order valence-corrected chi connectivity index (χ1v) is 5.79. The SMILES string of the molecule is CCN(CCO)C1CCc2ccccc21. The molecule has 0 fully saturated rings. The quantitative estimate of drug-likeness (QED) is 0.812. The van der Waals surface area contributed by atoms with Gasteiger partial charge in [0.25, 0.3) is 0 Å². The van der Waals surface area contributed by atoms with Crippen LogP contribution in [0.5, 0.6) is 0 Å². The Balaban J connectivity index is 2.18. The summed E-state index contributed by atoms with van der Waals surface area (Å²) in [5.41, 5.74) is 2.95. The number of hydrogen-bond acceptors (Lipinski definition) is 2. The Morgan fingerprint density at radius 3 is 2.93 bits per heavy atom. The number of fused-ring (bicyclic) bond motifs is 1. The van der Waals surface area contributed by atoms with Crippen LogP contribution in [0.3, 0.4) is 0 Å². The number of nitrogens with zero attached hydrogens (tertiary/aromatic N) is 1. The fraction of sp³-hybridized carbons (Fsp3) is 0.538. The standard InChI is InChI=1S/C13H19NO/c1-2-14(9-10-15)13-8-7-11-5-3-4-6-12(11)13/h3-6,13,15H,2,7-10H2,1H3. The third-order valence-electron chi connectivity index (χ3n) is 3.34. The molecule has 1 unspecified atom stereocenters. The maximum absolute atomic E-state index is 9.03. The maximum atomic E-state index is 9.03. The average molecular weight is 205 g/mol. The van der Waals surface area contributed by atoms with Crippen molar-refractivity contribution in [2.45, 2.75) is 25.8 Å². The number of aliphatic hydroxyl groups excluding tert-OH is 1. The second-order valence-corrected chi connectivity index (χ2v) is 4.11. The first-order valence-electron chi connectivity index (χ1n) is 5.79. The van der Waals surface area contributed by atoms with Crippen LogP contribution in [0, 0.1) is 0 Å². The number of benzene rings is 1. The van der Waals surface area contributed by atoms with E-state index < -0.39 is 0 Å². The molecule has 0 saturated heterocycles. The summed E-state index contributed by atoms with van der Waals surface area (Å²) in [7, 11) is 0. The van der Waals surface area contributed by atoms with E-state index in [0.29, 0.717) is 6.04 Å². The molecule has 0 heterocycles. The first kappa shape index (κ1) is 10.7. The molecule has 1 N–H and O–H groups in total. The van der Waals surface area contributed by atoms with Gasteiger partial charge in [-0.15, -0.1) is 0 Å². The fourth-order valence-corrected chi connectivity index (χ4v) is 2.58. The van der Waals surface area contributed by atoms with Crippen LogP contribution in [-0.4, -0.2) is 29.7 Å². The van der Waals surface area contributed by atoms with E-state index in [1.807, 2.05) is 0 Å². The minimum Gasteiger partial charge on any atom is -0.395 e. The predicted octanol–water partition coefficient (Wildman–Crippen LogP) is 1.99. The van der Waals surface area contributed by atoms with Crippen molar-refractivity contribution in [2.24, 2.45) is 0 Å². The summed E-state index contributed by atoms with van der Waals surface area (Å²) >= 11 is 0. The molecule has 2 nitrogen and oxygen atoms in total. The molecule has 1 aromatic carbocycles. The van der Waals surface area contributed by atoms with Gasteiger partial charge < -0.3 is 5.11 Å². The molecule has 0 amide bonds. The highest BCUT2D eigenvalue weighted by atomic mass is 16.3. The van der Waals surface area contributed by atoms with Gasteiger partial charge in [0.1, 0.15) is 0 Å². The minimum atomic E-state index is 0.256. The van der Waals surface area contributed by atoms with Crippen LogP contribution in [0.25, 0.3) is 0 Å². The lowest BCUT2D eigenvalue weighted by atomic mass is 10.1. The monoisotopic (exact) mass is 205 g/mol. The van der Waals surface area contributed by atoms with Crippen LogP contribution in [0.2, 0.25) is 0 Å². The summed E-state index contributed by atoms with van der Waals surface area (Å²) in [6.45, 7) is 4.22. The molecule has 0 aromatic heterocycles. The van der Waals surface area contributed by atoms with Gasteiger partial charge in [-0.25, -0.2) is 0 Å². The lowest BCUT2D eigenvalue weighted by Crippen LogP contribution is -2.30. The summed E-state index contributed by atoms with van der Waals surface area (Å²) in [4.78, 5) is 2.37. The molecule has 1 atom stereocenters. The zero-order chi connectivity index (χ0) is 10.7. The van der Waals surface area contributed by atoms with Gasteiger partial charge in [-0.3, -0.25) is 4.90 Å². The second-order valence-electron chi connectivity index (χ2n) is 4.11. The van der Waals surface area contributed by atoms with Gasteiger partial charge in [-0.2, -0.15) is 0 Å². The summed E-state index contributed by atoms with van der Waals surface area (Å²) < 4.78 is 0. The highest BCUT2D eigenvalue weighted by Crippen LogP contribution is 2.35. The van der Waals surface area contributed by atoms with E-state index in [4.69, 9.17) is 5.11 Å². The molecule has 0 bridgehead atoms. The molecule has 0 saturated carbocycles. The van der Waals surface area contributed by atoms with Gasteiger partial charge in [0.2, 0.25) is 0 Å². The van der Waals surface area contributed by atoms with Gasteiger partial charge in [0.15, 0.2) is 0 Å². The van der Waals surface area contributed by atoms with Crippen LogP contribution >= 0.6 is 0 Å². The fourth-order valence-electron chi connectivity index (χ4n) is 2.58. The van der Waals surface area contributed by atoms with Gasteiger partial charge in [-0.05, 0) is 30.5 Å². The van der Waals surface area contributed by atoms with E-state index >= 15 is 0 Å². The average Bonchev–Trinajstić information content (AvgIpc) is 2.70. The van der Waals surface area contributed by atoms with Crippen LogP contribution in [0.1, 0.15) is 30.5 Å². The number of aryl methyl sites for hydroxylation is 1. The Kier molecular flexibility index (Phi) is 3.39. The molecule has 0 aliphatic heterocycles. The lowest BCUT2D eigenvalue weighted by Gasteiger charge is -2.27. The van der Waals surface area contributed by atoms with E-state index in [1.54, 1.807) is 0 Å². The first-order chi connectivity index (χ1) is 7.36. The van der Waals surface area contributed by atoms with Crippen molar-refractivity contribution >= 4 is 0 Å². The van der Waals surface area contributed by atoms with E-state index in [0.717, 1.165) is 13.1 Å². The molecule has 0 spiro atoms. The zero-order valence-corrected chi connectivity index (χ0v) is 9.32. The van der Waals surface area contributed by atoms with Crippen molar-refractivity contribution < 1.29 is 5.11 Å². The van der Waals surface area contributed by atoms with Crippen LogP contribution in [0.15, 0.2) is 24.3 Å². The molecule has 1 aliphatic rings. The summed E-state index contributed by atoms with van der Waals surface area (Å²) in [5, 5.41) is 9.03. The van der Waals surface area contributed by atoms with Crippen molar-refractivity contribution in [1.82, 2.24) is 4.90 Å². The molecular weight excluding hydrogens is 186 g/mol. The minimum absolute atomic E-state index is 0.256. The van der Waals surface area contributed by atoms with Crippen LogP contribution in [-0.2, 0) is 6.42 Å². The van der Waals surface area contributed by atoms with Crippen molar-refractivity contribution in [3.05, 3.63) is 35.4 Å². The number of rotatable bonds is 4. The highest BCUT2D eigenvalue weighted by Gasteiger charge is 2.25. The van der Waals surface area contributed by atoms with E-state index in [9.17, 15) is 0 Å². The topological polar surface area (TPSA) is 23.5 Å². The maximum Gasteiger partial charge on any atom is 0.0558 e. The molecule has 0 radical (unpaired) electrons. The number of aliphatic hydroxyl groups is 1. The number of likely N-dealkylation sites (N-methyl/N-ethyl adjacent to an activating group) is 1. The predicted molar refractivity (Wildman–Crippen MR) is 61.8 cm³/mol. The molecule has 2 heteroatoms. The Labute approximate surface area is 91.5 Å². The Bertz CT molecular complexity index is 324. The van der Waals surface area contributed by atoms with E-state index in [1.165, 1.54) is 24.0 Å². The van der Waals surface area contributed by atoms with Gasteiger partial charge in [0.05, 0.1) is 6.61 Å². The molecule has 1 aromatic rings. The van der Waals surface area contributed by atoms with Crippen LogP contribution in [0.4, 0.5) is 0 Å².